The molecule has 2 amide bonds. The first-order valence-corrected chi connectivity index (χ1v) is 9.00. The average molecular weight is 366 g/mol. The van der Waals surface area contributed by atoms with Crippen LogP contribution in [0.5, 0.6) is 0 Å². The number of amides is 2. The van der Waals surface area contributed by atoms with Crippen LogP contribution in [-0.4, -0.2) is 36.8 Å². The van der Waals surface area contributed by atoms with Crippen LogP contribution in [0.25, 0.3) is 0 Å². The Morgan fingerprint density at radius 1 is 1.25 bits per heavy atom. The van der Waals surface area contributed by atoms with Gasteiger partial charge >= 0.3 is 6.09 Å². The van der Waals surface area contributed by atoms with Crippen molar-refractivity contribution in [2.24, 2.45) is 5.92 Å². The molecular weight excluding hydrogens is 346 g/mol. The van der Waals surface area contributed by atoms with E-state index in [-0.39, 0.29) is 6.42 Å². The van der Waals surface area contributed by atoms with Crippen molar-refractivity contribution in [2.45, 2.75) is 56.4 Å². The van der Waals surface area contributed by atoms with E-state index in [1.807, 2.05) is 4.72 Å². The van der Waals surface area contributed by atoms with Crippen molar-refractivity contribution in [3.63, 3.8) is 0 Å². The lowest BCUT2D eigenvalue weighted by Crippen LogP contribution is -2.53. The smallest absolute Gasteiger partial charge is 0.408 e. The van der Waals surface area contributed by atoms with Gasteiger partial charge in [0.25, 0.3) is 12.0 Å². The fourth-order valence-electron chi connectivity index (χ4n) is 2.27. The molecule has 2 aliphatic carbocycles. The van der Waals surface area contributed by atoms with Gasteiger partial charge in [0.1, 0.15) is 11.1 Å². The van der Waals surface area contributed by atoms with Gasteiger partial charge in [0.2, 0.25) is 10.0 Å². The van der Waals surface area contributed by atoms with Gasteiger partial charge in [0.05, 0.1) is 5.25 Å². The molecule has 2 atom stereocenters. The lowest BCUT2D eigenvalue weighted by molar-refractivity contribution is -0.122. The van der Waals surface area contributed by atoms with Crippen LogP contribution in [0.1, 0.15) is 40.0 Å². The van der Waals surface area contributed by atoms with Gasteiger partial charge in [-0.25, -0.2) is 13.2 Å². The lowest BCUT2D eigenvalue weighted by atomic mass is 10.2. The predicted octanol–water partition coefficient (Wildman–Crippen LogP) is 1.66. The first kappa shape index (κ1) is 18.6. The summed E-state index contributed by atoms with van der Waals surface area (Å²) in [6.07, 6.45) is -1.70. The second-order valence-corrected chi connectivity index (χ2v) is 9.00. The van der Waals surface area contributed by atoms with E-state index in [4.69, 9.17) is 4.74 Å². The van der Waals surface area contributed by atoms with Crippen LogP contribution < -0.4 is 10.0 Å². The second kappa shape index (κ2) is 5.98. The largest absolute Gasteiger partial charge is 0.444 e. The number of sulfonamides is 1. The molecule has 10 heteroatoms. The normalized spacial score (nSPS) is 26.3. The van der Waals surface area contributed by atoms with Crippen LogP contribution in [0, 0.1) is 5.92 Å². The van der Waals surface area contributed by atoms with Crippen molar-refractivity contribution >= 4 is 22.0 Å². The molecule has 0 aliphatic heterocycles. The maximum atomic E-state index is 12.5. The molecule has 0 radical (unpaired) electrons. The molecule has 0 saturated heterocycles. The van der Waals surface area contributed by atoms with Gasteiger partial charge < -0.3 is 10.1 Å². The van der Waals surface area contributed by atoms with Gasteiger partial charge in [0, 0.05) is 5.92 Å². The molecule has 0 aromatic heterocycles. The van der Waals surface area contributed by atoms with Crippen molar-refractivity contribution in [3.8, 4) is 0 Å². The summed E-state index contributed by atoms with van der Waals surface area (Å²) in [5.74, 6) is -2.02. The highest BCUT2D eigenvalue weighted by molar-refractivity contribution is 7.90. The van der Waals surface area contributed by atoms with Crippen molar-refractivity contribution in [1.82, 2.24) is 10.0 Å². The number of ether oxygens (including phenoxy) is 1. The third-order valence-corrected chi connectivity index (χ3v) is 5.49. The molecule has 0 unspecified atom stereocenters. The van der Waals surface area contributed by atoms with Crippen LogP contribution in [0.2, 0.25) is 0 Å². The minimum atomic E-state index is -3.85. The van der Waals surface area contributed by atoms with Crippen LogP contribution >= 0.6 is 0 Å². The molecule has 0 bridgehead atoms. The Labute approximate surface area is 138 Å². The molecule has 2 aliphatic rings. The summed E-state index contributed by atoms with van der Waals surface area (Å²) in [4.78, 5) is 24.2. The Bertz CT molecular complexity index is 678. The number of halogens is 2. The average Bonchev–Trinajstić information content (AvgIpc) is 3.20. The third-order valence-electron chi connectivity index (χ3n) is 3.67. The molecule has 0 heterocycles. The highest BCUT2D eigenvalue weighted by atomic mass is 32.2. The Morgan fingerprint density at radius 3 is 2.29 bits per heavy atom. The molecule has 2 N–H and O–H groups in total. The van der Waals surface area contributed by atoms with Crippen LogP contribution in [0.4, 0.5) is 13.6 Å². The van der Waals surface area contributed by atoms with Gasteiger partial charge in [-0.15, -0.1) is 0 Å². The molecule has 136 valence electrons. The standard InChI is InChI=1S/C14H20F2N2O5S/c1-13(2,3)23-12(20)17-14(7-8(14)6-10(15)16)11(19)18-24(21,22)9-4-5-9/h6,8-9H,4-5,7H2,1-3H3,(H,17,20)(H,18,19)/t8-,14-/m1/s1. The number of nitrogens with one attached hydrogen (secondary N) is 2. The molecule has 0 aromatic carbocycles. The number of hydrogen-bond acceptors (Lipinski definition) is 5. The van der Waals surface area contributed by atoms with Gasteiger partial charge in [0.15, 0.2) is 0 Å². The molecule has 0 spiro atoms. The van der Waals surface area contributed by atoms with Gasteiger partial charge in [-0.2, -0.15) is 8.78 Å². The third kappa shape index (κ3) is 4.43. The van der Waals surface area contributed by atoms with E-state index in [1.165, 1.54) is 0 Å². The molecule has 0 aromatic rings. The molecule has 2 fully saturated rings. The zero-order chi connectivity index (χ0) is 18.3. The Hall–Kier alpha value is -1.71. The van der Waals surface area contributed by atoms with Crippen LogP contribution in [0.3, 0.4) is 0 Å². The molecule has 24 heavy (non-hydrogen) atoms. The molecule has 2 rings (SSSR count). The van der Waals surface area contributed by atoms with Gasteiger partial charge in [-0.3, -0.25) is 9.52 Å². The number of hydrogen-bond donors (Lipinski definition) is 2. The number of carbonyl (C=O) groups excluding carboxylic acids is 2. The summed E-state index contributed by atoms with van der Waals surface area (Å²) >= 11 is 0. The van der Waals surface area contributed by atoms with Gasteiger partial charge in [-0.05, 0) is 46.1 Å². The fourth-order valence-corrected chi connectivity index (χ4v) is 3.63. The zero-order valence-corrected chi connectivity index (χ0v) is 14.4. The first-order valence-electron chi connectivity index (χ1n) is 7.46. The Kier molecular flexibility index (Phi) is 4.64. The van der Waals surface area contributed by atoms with Crippen molar-refractivity contribution < 1.29 is 31.5 Å². The summed E-state index contributed by atoms with van der Waals surface area (Å²) in [6, 6.07) is 0. The fraction of sp³-hybridized carbons (Fsp3) is 0.714. The highest BCUT2D eigenvalue weighted by Crippen LogP contribution is 2.46. The van der Waals surface area contributed by atoms with E-state index >= 15 is 0 Å². The van der Waals surface area contributed by atoms with E-state index in [1.54, 1.807) is 20.8 Å². The van der Waals surface area contributed by atoms with Crippen molar-refractivity contribution in [3.05, 3.63) is 12.2 Å². The Morgan fingerprint density at radius 2 is 1.83 bits per heavy atom. The summed E-state index contributed by atoms with van der Waals surface area (Å²) in [5, 5.41) is 1.60. The van der Waals surface area contributed by atoms with E-state index in [2.05, 4.69) is 5.32 Å². The maximum absolute atomic E-state index is 12.5. The minimum absolute atomic E-state index is 0.129. The van der Waals surface area contributed by atoms with E-state index in [9.17, 15) is 26.8 Å². The minimum Gasteiger partial charge on any atom is -0.444 e. The quantitative estimate of drug-likeness (QED) is 0.770. The summed E-state index contributed by atoms with van der Waals surface area (Å²) in [7, 11) is -3.85. The summed E-state index contributed by atoms with van der Waals surface area (Å²) in [6.45, 7) is 4.80. The predicted molar refractivity (Wildman–Crippen MR) is 80.6 cm³/mol. The van der Waals surface area contributed by atoms with Crippen molar-refractivity contribution in [2.75, 3.05) is 0 Å². The van der Waals surface area contributed by atoms with Gasteiger partial charge in [-0.1, -0.05) is 0 Å². The van der Waals surface area contributed by atoms with E-state index in [0.29, 0.717) is 18.9 Å². The maximum Gasteiger partial charge on any atom is 0.408 e. The topological polar surface area (TPSA) is 102 Å². The molecule has 2 saturated carbocycles. The summed E-state index contributed by atoms with van der Waals surface area (Å²) in [5.41, 5.74) is -2.60. The number of rotatable bonds is 5. The monoisotopic (exact) mass is 366 g/mol. The van der Waals surface area contributed by atoms with Crippen LogP contribution in [0.15, 0.2) is 12.2 Å². The zero-order valence-electron chi connectivity index (χ0n) is 13.6. The molecule has 7 nitrogen and oxygen atoms in total. The second-order valence-electron chi connectivity index (χ2n) is 7.04. The highest BCUT2D eigenvalue weighted by Gasteiger charge is 2.62. The number of alkyl carbamates (subject to hydrolysis) is 1. The van der Waals surface area contributed by atoms with E-state index < -0.39 is 50.4 Å². The summed E-state index contributed by atoms with van der Waals surface area (Å²) < 4.78 is 55.6. The Balaban J connectivity index is 2.14. The lowest BCUT2D eigenvalue weighted by Gasteiger charge is -2.23. The van der Waals surface area contributed by atoms with E-state index in [0.717, 1.165) is 0 Å². The van der Waals surface area contributed by atoms with Crippen molar-refractivity contribution in [1.29, 1.82) is 0 Å². The SMILES string of the molecule is CC(C)(C)OC(=O)N[C@]1(C(=O)NS(=O)(=O)C2CC2)C[C@H]1C=C(F)F. The number of carbonyl (C=O) groups is 2. The first-order chi connectivity index (χ1) is 10.9. The molecular formula is C14H20F2N2O5S. The van der Waals surface area contributed by atoms with Crippen LogP contribution in [-0.2, 0) is 19.6 Å².